The van der Waals surface area contributed by atoms with E-state index in [1.165, 1.54) is 12.1 Å². The van der Waals surface area contributed by atoms with Crippen LogP contribution in [-0.2, 0) is 14.8 Å². The van der Waals surface area contributed by atoms with Crippen LogP contribution in [0.1, 0.15) is 11.6 Å². The average Bonchev–Trinajstić information content (AvgIpc) is 2.69. The molecule has 0 amide bonds. The number of rotatable bonds is 7. The molecule has 1 aliphatic rings. The van der Waals surface area contributed by atoms with E-state index in [1.54, 1.807) is 12.1 Å². The molecule has 1 N–H and O–H groups in total. The van der Waals surface area contributed by atoms with E-state index < -0.39 is 28.0 Å². The maximum Gasteiger partial charge on any atom is 0.573 e. The van der Waals surface area contributed by atoms with Crippen LogP contribution in [0.25, 0.3) is 0 Å². The fraction of sp³-hybridized carbons (Fsp3) is 0.368. The summed E-state index contributed by atoms with van der Waals surface area (Å²) in [6, 6.07) is 9.35. The maximum atomic E-state index is 13.3. The lowest BCUT2D eigenvalue weighted by Gasteiger charge is -2.34. The number of nitrogens with one attached hydrogen (secondary N) is 1. The molecule has 0 radical (unpaired) electrons. The van der Waals surface area contributed by atoms with Gasteiger partial charge in [0.15, 0.2) is 0 Å². The minimum absolute atomic E-state index is 0.00519. The third-order valence-corrected chi connectivity index (χ3v) is 6.02. The fourth-order valence-corrected chi connectivity index (χ4v) is 4.16. The van der Waals surface area contributed by atoms with E-state index >= 15 is 0 Å². The third-order valence-electron chi connectivity index (χ3n) is 4.58. The molecule has 0 spiro atoms. The molecule has 0 saturated carbocycles. The molecule has 0 aromatic heterocycles. The lowest BCUT2D eigenvalue weighted by atomic mass is 10.0. The van der Waals surface area contributed by atoms with Gasteiger partial charge in [0.25, 0.3) is 0 Å². The molecule has 30 heavy (non-hydrogen) atoms. The van der Waals surface area contributed by atoms with Crippen molar-refractivity contribution in [1.82, 2.24) is 9.62 Å². The van der Waals surface area contributed by atoms with Gasteiger partial charge < -0.3 is 9.47 Å². The van der Waals surface area contributed by atoms with Gasteiger partial charge in [0, 0.05) is 25.7 Å². The Morgan fingerprint density at radius 2 is 1.63 bits per heavy atom. The number of ether oxygens (including phenoxy) is 2. The number of hydrogen-bond acceptors (Lipinski definition) is 5. The van der Waals surface area contributed by atoms with Crippen molar-refractivity contribution in [3.8, 4) is 5.75 Å². The number of benzene rings is 2. The first-order valence-electron chi connectivity index (χ1n) is 9.07. The van der Waals surface area contributed by atoms with Crippen LogP contribution in [0, 0.1) is 5.82 Å². The highest BCUT2D eigenvalue weighted by atomic mass is 32.2. The van der Waals surface area contributed by atoms with E-state index in [0.29, 0.717) is 26.3 Å². The third kappa shape index (κ3) is 6.14. The van der Waals surface area contributed by atoms with E-state index in [9.17, 15) is 26.0 Å². The quantitative estimate of drug-likeness (QED) is 0.660. The van der Waals surface area contributed by atoms with Gasteiger partial charge in [0.2, 0.25) is 10.0 Å². The lowest BCUT2D eigenvalue weighted by Crippen LogP contribution is -2.43. The van der Waals surface area contributed by atoms with Crippen molar-refractivity contribution in [3.63, 3.8) is 0 Å². The number of alkyl halides is 3. The standard InChI is InChI=1S/C19H20F4N2O4S/c20-15-3-1-14(2-4-15)18(25-9-11-28-12-10-25)13-24-30(26,27)17-7-5-16(6-8-17)29-19(21,22)23/h1-8,18,24H,9-13H2. The van der Waals surface area contributed by atoms with Crippen molar-refractivity contribution < 1.29 is 35.5 Å². The predicted molar refractivity (Wildman–Crippen MR) is 99.8 cm³/mol. The summed E-state index contributed by atoms with van der Waals surface area (Å²) in [6.07, 6.45) is -4.86. The Labute approximate surface area is 171 Å². The first kappa shape index (κ1) is 22.5. The van der Waals surface area contributed by atoms with Crippen LogP contribution in [0.4, 0.5) is 17.6 Å². The van der Waals surface area contributed by atoms with Crippen molar-refractivity contribution in [1.29, 1.82) is 0 Å². The van der Waals surface area contributed by atoms with Crippen LogP contribution in [0.3, 0.4) is 0 Å². The highest BCUT2D eigenvalue weighted by Crippen LogP contribution is 2.25. The fourth-order valence-electron chi connectivity index (χ4n) is 3.12. The van der Waals surface area contributed by atoms with Gasteiger partial charge in [0.1, 0.15) is 11.6 Å². The van der Waals surface area contributed by atoms with E-state index in [1.807, 2.05) is 4.90 Å². The van der Waals surface area contributed by atoms with Crippen LogP contribution >= 0.6 is 0 Å². The molecule has 1 fully saturated rings. The molecule has 6 nitrogen and oxygen atoms in total. The summed E-state index contributed by atoms with van der Waals surface area (Å²) in [4.78, 5) is 1.83. The van der Waals surface area contributed by atoms with Crippen LogP contribution < -0.4 is 9.46 Å². The van der Waals surface area contributed by atoms with Gasteiger partial charge in [-0.15, -0.1) is 13.2 Å². The van der Waals surface area contributed by atoms with Crippen molar-refractivity contribution >= 4 is 10.0 Å². The molecule has 1 aliphatic heterocycles. The molecule has 0 bridgehead atoms. The number of halogens is 4. The zero-order chi connectivity index (χ0) is 21.8. The van der Waals surface area contributed by atoms with Gasteiger partial charge >= 0.3 is 6.36 Å². The number of sulfonamides is 1. The minimum atomic E-state index is -4.86. The first-order chi connectivity index (χ1) is 14.1. The Morgan fingerprint density at radius 1 is 1.03 bits per heavy atom. The number of morpholine rings is 1. The zero-order valence-electron chi connectivity index (χ0n) is 15.7. The van der Waals surface area contributed by atoms with Gasteiger partial charge in [-0.2, -0.15) is 0 Å². The van der Waals surface area contributed by atoms with Gasteiger partial charge in [-0.05, 0) is 42.0 Å². The molecule has 2 aromatic rings. The van der Waals surface area contributed by atoms with Crippen LogP contribution in [-0.4, -0.2) is 52.5 Å². The topological polar surface area (TPSA) is 67.9 Å². The van der Waals surface area contributed by atoms with E-state index in [2.05, 4.69) is 9.46 Å². The lowest BCUT2D eigenvalue weighted by molar-refractivity contribution is -0.274. The summed E-state index contributed by atoms with van der Waals surface area (Å²) in [5, 5.41) is 0. The summed E-state index contributed by atoms with van der Waals surface area (Å²) in [5.41, 5.74) is 0.731. The Bertz CT molecular complexity index is 929. The SMILES string of the molecule is O=S(=O)(NCC(c1ccc(F)cc1)N1CCOCC1)c1ccc(OC(F)(F)F)cc1. The van der Waals surface area contributed by atoms with Crippen molar-refractivity contribution in [2.45, 2.75) is 17.3 Å². The second-order valence-corrected chi connectivity index (χ2v) is 8.35. The molecular weight excluding hydrogens is 428 g/mol. The average molecular weight is 448 g/mol. The summed E-state index contributed by atoms with van der Waals surface area (Å²) in [7, 11) is -3.99. The molecular formula is C19H20F4N2O4S. The van der Waals surface area contributed by atoms with E-state index in [0.717, 1.165) is 29.8 Å². The Kier molecular flexibility index (Phi) is 6.96. The highest BCUT2D eigenvalue weighted by molar-refractivity contribution is 7.89. The second kappa shape index (κ2) is 9.29. The molecule has 1 atom stereocenters. The Hall–Kier alpha value is -2.21. The normalized spacial score (nSPS) is 16.9. The Morgan fingerprint density at radius 3 is 2.20 bits per heavy atom. The molecule has 2 aromatic carbocycles. The Balaban J connectivity index is 1.74. The summed E-state index contributed by atoms with van der Waals surface area (Å²) >= 11 is 0. The van der Waals surface area contributed by atoms with E-state index in [-0.39, 0.29) is 17.5 Å². The van der Waals surface area contributed by atoms with Crippen molar-refractivity contribution in [2.75, 3.05) is 32.8 Å². The van der Waals surface area contributed by atoms with E-state index in [4.69, 9.17) is 4.74 Å². The zero-order valence-corrected chi connectivity index (χ0v) is 16.5. The summed E-state index contributed by atoms with van der Waals surface area (Å²) in [5.74, 6) is -0.917. The molecule has 3 rings (SSSR count). The van der Waals surface area contributed by atoms with Crippen LogP contribution in [0.15, 0.2) is 53.4 Å². The first-order valence-corrected chi connectivity index (χ1v) is 10.6. The molecule has 11 heteroatoms. The van der Waals surface area contributed by atoms with Gasteiger partial charge in [-0.1, -0.05) is 12.1 Å². The maximum absolute atomic E-state index is 13.3. The second-order valence-electron chi connectivity index (χ2n) is 6.59. The predicted octanol–water partition coefficient (Wildman–Crippen LogP) is 3.08. The molecule has 1 saturated heterocycles. The number of hydrogen-bond donors (Lipinski definition) is 1. The molecule has 164 valence electrons. The van der Waals surface area contributed by atoms with Crippen molar-refractivity contribution in [2.24, 2.45) is 0 Å². The summed E-state index contributed by atoms with van der Waals surface area (Å²) in [6.45, 7) is 2.13. The van der Waals surface area contributed by atoms with Crippen LogP contribution in [0.5, 0.6) is 5.75 Å². The van der Waals surface area contributed by atoms with Crippen molar-refractivity contribution in [3.05, 3.63) is 59.9 Å². The summed E-state index contributed by atoms with van der Waals surface area (Å²) < 4.78 is 86.9. The van der Waals surface area contributed by atoms with Crippen LogP contribution in [0.2, 0.25) is 0 Å². The highest BCUT2D eigenvalue weighted by Gasteiger charge is 2.31. The van der Waals surface area contributed by atoms with Gasteiger partial charge in [-0.25, -0.2) is 17.5 Å². The largest absolute Gasteiger partial charge is 0.573 e. The monoisotopic (exact) mass is 448 g/mol. The smallest absolute Gasteiger partial charge is 0.406 e. The van der Waals surface area contributed by atoms with Gasteiger partial charge in [0.05, 0.1) is 18.1 Å². The molecule has 1 unspecified atom stereocenters. The number of nitrogens with zero attached hydrogens (tertiary/aromatic N) is 1. The molecule has 1 heterocycles. The van der Waals surface area contributed by atoms with Gasteiger partial charge in [-0.3, -0.25) is 4.90 Å². The molecule has 0 aliphatic carbocycles. The minimum Gasteiger partial charge on any atom is -0.406 e.